The number of carbonyl (C=O) groups is 1. The van der Waals surface area contributed by atoms with Crippen molar-refractivity contribution < 1.29 is 9.53 Å². The van der Waals surface area contributed by atoms with E-state index in [0.717, 1.165) is 25.4 Å². The third-order valence-electron chi connectivity index (χ3n) is 2.55. The van der Waals surface area contributed by atoms with Crippen molar-refractivity contribution in [3.8, 4) is 0 Å². The number of carbonyl (C=O) groups excluding carboxylic acids is 1. The molecule has 0 radical (unpaired) electrons. The number of rotatable bonds is 7. The van der Waals surface area contributed by atoms with Crippen LogP contribution in [0.4, 0.5) is 5.69 Å². The maximum absolute atomic E-state index is 10.9. The molecular weight excluding hydrogens is 228 g/mol. The summed E-state index contributed by atoms with van der Waals surface area (Å²) >= 11 is 0. The van der Waals surface area contributed by atoms with Gasteiger partial charge in [0.1, 0.15) is 0 Å². The van der Waals surface area contributed by atoms with Crippen LogP contribution in [0.5, 0.6) is 0 Å². The molecule has 1 rings (SSSR count). The maximum Gasteiger partial charge on any atom is 0.221 e. The normalized spacial score (nSPS) is 12.2. The molecule has 1 aromatic carbocycles. The number of ether oxygens (including phenoxy) is 1. The number of benzene rings is 1. The van der Waals surface area contributed by atoms with Crippen LogP contribution in [0.25, 0.3) is 0 Å². The van der Waals surface area contributed by atoms with Crippen molar-refractivity contribution in [3.63, 3.8) is 0 Å². The zero-order valence-electron chi connectivity index (χ0n) is 11.3. The quantitative estimate of drug-likeness (QED) is 0.778. The van der Waals surface area contributed by atoms with Crippen molar-refractivity contribution in [3.05, 3.63) is 29.8 Å². The minimum absolute atomic E-state index is 0.0470. The van der Waals surface area contributed by atoms with Gasteiger partial charge in [-0.2, -0.15) is 0 Å². The first-order valence-corrected chi connectivity index (χ1v) is 6.18. The van der Waals surface area contributed by atoms with Crippen LogP contribution in [0.3, 0.4) is 0 Å². The van der Waals surface area contributed by atoms with Crippen LogP contribution < -0.4 is 10.6 Å². The first kappa shape index (κ1) is 14.7. The molecule has 0 aliphatic heterocycles. The maximum atomic E-state index is 10.9. The predicted octanol–water partition coefficient (Wildman–Crippen LogP) is 2.02. The molecule has 0 aromatic heterocycles. The van der Waals surface area contributed by atoms with Crippen LogP contribution in [-0.4, -0.2) is 26.2 Å². The Kier molecular flexibility index (Phi) is 6.39. The van der Waals surface area contributed by atoms with Crippen LogP contribution in [-0.2, 0) is 16.1 Å². The van der Waals surface area contributed by atoms with Gasteiger partial charge in [0.2, 0.25) is 5.91 Å². The van der Waals surface area contributed by atoms with Gasteiger partial charge in [-0.15, -0.1) is 0 Å². The SMILES string of the molecule is COCC(C)CNCc1ccc(NC(C)=O)cc1. The summed E-state index contributed by atoms with van der Waals surface area (Å²) in [6, 6.07) is 7.85. The van der Waals surface area contributed by atoms with E-state index in [1.807, 2.05) is 24.3 Å². The van der Waals surface area contributed by atoms with E-state index in [-0.39, 0.29) is 5.91 Å². The molecule has 1 amide bonds. The fourth-order valence-electron chi connectivity index (χ4n) is 1.72. The molecule has 100 valence electrons. The lowest BCUT2D eigenvalue weighted by Gasteiger charge is -2.11. The fourth-order valence-corrected chi connectivity index (χ4v) is 1.72. The number of anilines is 1. The van der Waals surface area contributed by atoms with E-state index in [2.05, 4.69) is 17.6 Å². The lowest BCUT2D eigenvalue weighted by atomic mass is 10.1. The Balaban J connectivity index is 2.32. The first-order chi connectivity index (χ1) is 8.61. The highest BCUT2D eigenvalue weighted by atomic mass is 16.5. The van der Waals surface area contributed by atoms with Crippen molar-refractivity contribution >= 4 is 11.6 Å². The average molecular weight is 250 g/mol. The Morgan fingerprint density at radius 2 is 2.00 bits per heavy atom. The van der Waals surface area contributed by atoms with Crippen molar-refractivity contribution in [1.29, 1.82) is 0 Å². The fraction of sp³-hybridized carbons (Fsp3) is 0.500. The molecule has 4 heteroatoms. The molecule has 18 heavy (non-hydrogen) atoms. The van der Waals surface area contributed by atoms with E-state index in [4.69, 9.17) is 4.74 Å². The summed E-state index contributed by atoms with van der Waals surface area (Å²) in [5.74, 6) is 0.461. The minimum Gasteiger partial charge on any atom is -0.384 e. The second-order valence-corrected chi connectivity index (χ2v) is 4.57. The van der Waals surface area contributed by atoms with Crippen molar-refractivity contribution in [2.75, 3.05) is 25.6 Å². The molecule has 1 unspecified atom stereocenters. The van der Waals surface area contributed by atoms with E-state index in [1.165, 1.54) is 12.5 Å². The molecular formula is C14H22N2O2. The second kappa shape index (κ2) is 7.84. The Morgan fingerprint density at radius 1 is 1.33 bits per heavy atom. The van der Waals surface area contributed by atoms with E-state index in [0.29, 0.717) is 5.92 Å². The Morgan fingerprint density at radius 3 is 2.56 bits per heavy atom. The molecule has 1 atom stereocenters. The van der Waals surface area contributed by atoms with Gasteiger partial charge in [0.05, 0.1) is 0 Å². The average Bonchev–Trinajstić information content (AvgIpc) is 2.31. The van der Waals surface area contributed by atoms with Gasteiger partial charge in [0.15, 0.2) is 0 Å². The smallest absolute Gasteiger partial charge is 0.221 e. The Labute approximate surface area is 109 Å². The molecule has 4 nitrogen and oxygen atoms in total. The number of hydrogen-bond donors (Lipinski definition) is 2. The van der Waals surface area contributed by atoms with Crippen LogP contribution in [0.15, 0.2) is 24.3 Å². The summed E-state index contributed by atoms with van der Waals surface area (Å²) in [5, 5.41) is 6.13. The van der Waals surface area contributed by atoms with E-state index < -0.39 is 0 Å². The van der Waals surface area contributed by atoms with Gasteiger partial charge in [-0.1, -0.05) is 19.1 Å². The van der Waals surface area contributed by atoms with Crippen molar-refractivity contribution in [1.82, 2.24) is 5.32 Å². The summed E-state index contributed by atoms with van der Waals surface area (Å²) < 4.78 is 5.08. The van der Waals surface area contributed by atoms with Gasteiger partial charge in [-0.3, -0.25) is 4.79 Å². The van der Waals surface area contributed by atoms with Crippen LogP contribution in [0.2, 0.25) is 0 Å². The first-order valence-electron chi connectivity index (χ1n) is 6.18. The Hall–Kier alpha value is -1.39. The molecule has 0 saturated carbocycles. The summed E-state index contributed by atoms with van der Waals surface area (Å²) in [5.41, 5.74) is 2.03. The van der Waals surface area contributed by atoms with Gasteiger partial charge in [-0.05, 0) is 23.6 Å². The van der Waals surface area contributed by atoms with E-state index in [9.17, 15) is 4.79 Å². The second-order valence-electron chi connectivity index (χ2n) is 4.57. The highest BCUT2D eigenvalue weighted by Crippen LogP contribution is 2.09. The molecule has 0 saturated heterocycles. The van der Waals surface area contributed by atoms with Crippen LogP contribution >= 0.6 is 0 Å². The van der Waals surface area contributed by atoms with Gasteiger partial charge < -0.3 is 15.4 Å². The molecule has 1 aromatic rings. The van der Waals surface area contributed by atoms with Gasteiger partial charge in [-0.25, -0.2) is 0 Å². The highest BCUT2D eigenvalue weighted by molar-refractivity contribution is 5.88. The molecule has 0 aliphatic rings. The number of methoxy groups -OCH3 is 1. The third kappa shape index (κ3) is 5.80. The molecule has 0 aliphatic carbocycles. The number of nitrogens with one attached hydrogen (secondary N) is 2. The molecule has 0 spiro atoms. The largest absolute Gasteiger partial charge is 0.384 e. The summed E-state index contributed by atoms with van der Waals surface area (Å²) in [7, 11) is 1.72. The molecule has 2 N–H and O–H groups in total. The van der Waals surface area contributed by atoms with Crippen molar-refractivity contribution in [2.45, 2.75) is 20.4 Å². The van der Waals surface area contributed by atoms with Gasteiger partial charge in [0.25, 0.3) is 0 Å². The third-order valence-corrected chi connectivity index (χ3v) is 2.55. The van der Waals surface area contributed by atoms with E-state index >= 15 is 0 Å². The number of amides is 1. The summed E-state index contributed by atoms with van der Waals surface area (Å²) in [4.78, 5) is 10.9. The van der Waals surface area contributed by atoms with Gasteiger partial charge in [0, 0.05) is 39.4 Å². The highest BCUT2D eigenvalue weighted by Gasteiger charge is 2.01. The molecule has 0 bridgehead atoms. The molecule has 0 fully saturated rings. The van der Waals surface area contributed by atoms with Crippen LogP contribution in [0.1, 0.15) is 19.4 Å². The standard InChI is InChI=1S/C14H22N2O2/c1-11(10-18-3)8-15-9-13-4-6-14(7-5-13)16-12(2)17/h4-7,11,15H,8-10H2,1-3H3,(H,16,17). The van der Waals surface area contributed by atoms with Crippen LogP contribution in [0, 0.1) is 5.92 Å². The topological polar surface area (TPSA) is 50.4 Å². The minimum atomic E-state index is -0.0470. The zero-order chi connectivity index (χ0) is 13.4. The summed E-state index contributed by atoms with van der Waals surface area (Å²) in [6.45, 7) is 6.19. The number of hydrogen-bond acceptors (Lipinski definition) is 3. The van der Waals surface area contributed by atoms with E-state index in [1.54, 1.807) is 7.11 Å². The Bertz CT molecular complexity index is 363. The monoisotopic (exact) mass is 250 g/mol. The zero-order valence-corrected chi connectivity index (χ0v) is 11.3. The lowest BCUT2D eigenvalue weighted by Crippen LogP contribution is -2.23. The summed E-state index contributed by atoms with van der Waals surface area (Å²) in [6.07, 6.45) is 0. The van der Waals surface area contributed by atoms with Gasteiger partial charge >= 0.3 is 0 Å². The predicted molar refractivity (Wildman–Crippen MR) is 73.5 cm³/mol. The molecule has 0 heterocycles. The lowest BCUT2D eigenvalue weighted by molar-refractivity contribution is -0.114. The van der Waals surface area contributed by atoms with Crippen molar-refractivity contribution in [2.24, 2.45) is 5.92 Å².